The van der Waals surface area contributed by atoms with Crippen molar-refractivity contribution in [2.24, 2.45) is 0 Å². The lowest BCUT2D eigenvalue weighted by molar-refractivity contribution is -0.957. The molecule has 2 heterocycles. The normalized spacial score (nSPS) is 20.1. The van der Waals surface area contributed by atoms with Gasteiger partial charge in [0.05, 0.1) is 31.3 Å². The van der Waals surface area contributed by atoms with Gasteiger partial charge in [0.25, 0.3) is 0 Å². The number of nitrogens with zero attached hydrogens (tertiary/aromatic N) is 2. The molecule has 2 N–H and O–H groups in total. The van der Waals surface area contributed by atoms with Crippen LogP contribution in [0.2, 0.25) is 0 Å². The van der Waals surface area contributed by atoms with E-state index >= 15 is 0 Å². The molecule has 2 aliphatic rings. The van der Waals surface area contributed by atoms with Gasteiger partial charge in [-0.25, -0.2) is 0 Å². The first kappa shape index (κ1) is 19.1. The molecule has 4 rings (SSSR count). The van der Waals surface area contributed by atoms with Crippen LogP contribution >= 0.6 is 0 Å². The summed E-state index contributed by atoms with van der Waals surface area (Å²) >= 11 is 0. The average molecular weight is 384 g/mol. The van der Waals surface area contributed by atoms with Crippen LogP contribution in [0.15, 0.2) is 35.3 Å². The third-order valence-corrected chi connectivity index (χ3v) is 6.70. The zero-order valence-corrected chi connectivity index (χ0v) is 16.6. The number of hydrogen-bond donors (Lipinski definition) is 2. The smallest absolute Gasteiger partial charge is 0.241 e. The van der Waals surface area contributed by atoms with Gasteiger partial charge in [0.1, 0.15) is 12.1 Å². The molecule has 1 aromatic carbocycles. The summed E-state index contributed by atoms with van der Waals surface area (Å²) in [7, 11) is 0. The van der Waals surface area contributed by atoms with Crippen LogP contribution in [0.25, 0.3) is 10.9 Å². The van der Waals surface area contributed by atoms with Crippen LogP contribution in [0, 0.1) is 0 Å². The van der Waals surface area contributed by atoms with Crippen molar-refractivity contribution >= 4 is 16.8 Å². The summed E-state index contributed by atoms with van der Waals surface area (Å²) in [5.41, 5.74) is 0.800. The Labute approximate surface area is 165 Å². The number of carbonyl (C=O) groups excluding carboxylic acids is 1. The number of carbonyl (C=O) groups is 1. The molecule has 1 saturated heterocycles. The highest BCUT2D eigenvalue weighted by Crippen LogP contribution is 2.26. The van der Waals surface area contributed by atoms with E-state index in [1.165, 1.54) is 70.7 Å². The summed E-state index contributed by atoms with van der Waals surface area (Å²) in [6.07, 6.45) is 11.5. The maximum atomic E-state index is 12.7. The van der Waals surface area contributed by atoms with Gasteiger partial charge in [-0.3, -0.25) is 14.3 Å². The number of fused-ring (bicyclic) bond motifs is 1. The molecule has 150 valence electrons. The Morgan fingerprint density at radius 2 is 1.79 bits per heavy atom. The quantitative estimate of drug-likeness (QED) is 0.817. The molecule has 28 heavy (non-hydrogen) atoms. The van der Waals surface area contributed by atoms with Crippen LogP contribution in [-0.4, -0.2) is 40.9 Å². The monoisotopic (exact) mass is 383 g/mol. The Morgan fingerprint density at radius 1 is 1.07 bits per heavy atom. The van der Waals surface area contributed by atoms with Gasteiger partial charge in [-0.2, -0.15) is 5.10 Å². The fraction of sp³-hybridized carbons (Fsp3) is 0.591. The number of piperidine rings is 1. The Kier molecular flexibility index (Phi) is 5.76. The van der Waals surface area contributed by atoms with Gasteiger partial charge in [-0.15, -0.1) is 0 Å². The predicted molar refractivity (Wildman–Crippen MR) is 109 cm³/mol. The van der Waals surface area contributed by atoms with Gasteiger partial charge in [-0.1, -0.05) is 18.6 Å². The number of likely N-dealkylation sites (tertiary alicyclic amines) is 1. The van der Waals surface area contributed by atoms with Crippen LogP contribution in [0.3, 0.4) is 0 Å². The minimum Gasteiger partial charge on any atom is -0.348 e. The van der Waals surface area contributed by atoms with Crippen molar-refractivity contribution in [3.05, 3.63) is 40.7 Å². The van der Waals surface area contributed by atoms with Gasteiger partial charge in [-0.05, 0) is 44.2 Å². The van der Waals surface area contributed by atoms with E-state index in [1.54, 1.807) is 15.6 Å². The molecular weight excluding hydrogens is 352 g/mol. The summed E-state index contributed by atoms with van der Waals surface area (Å²) in [4.78, 5) is 26.4. The summed E-state index contributed by atoms with van der Waals surface area (Å²) in [6.45, 7) is 3.37. The van der Waals surface area contributed by atoms with Crippen molar-refractivity contribution in [3.8, 4) is 0 Å². The molecule has 0 atom stereocenters. The first-order valence-electron chi connectivity index (χ1n) is 10.7. The predicted octanol–water partition coefficient (Wildman–Crippen LogP) is 1.28. The number of amides is 1. The molecule has 2 fully saturated rings. The Hall–Kier alpha value is -2.21. The Balaban J connectivity index is 1.46. The Morgan fingerprint density at radius 3 is 2.57 bits per heavy atom. The van der Waals surface area contributed by atoms with Crippen LogP contribution in [-0.2, 0) is 11.3 Å². The topological polar surface area (TPSA) is 68.4 Å². The van der Waals surface area contributed by atoms with E-state index < -0.39 is 0 Å². The van der Waals surface area contributed by atoms with E-state index in [0.29, 0.717) is 10.9 Å². The summed E-state index contributed by atoms with van der Waals surface area (Å²) in [5.74, 6) is -0.0253. The van der Waals surface area contributed by atoms with E-state index in [-0.39, 0.29) is 23.4 Å². The van der Waals surface area contributed by atoms with E-state index in [0.717, 1.165) is 6.54 Å². The lowest BCUT2D eigenvalue weighted by Gasteiger charge is -2.45. The minimum atomic E-state index is -0.109. The van der Waals surface area contributed by atoms with Crippen molar-refractivity contribution in [2.45, 2.75) is 63.5 Å². The molecule has 2 aromatic rings. The average Bonchev–Trinajstić information content (AvgIpc) is 2.76. The first-order chi connectivity index (χ1) is 13.7. The largest absolute Gasteiger partial charge is 0.348 e. The van der Waals surface area contributed by atoms with E-state index in [2.05, 4.69) is 10.4 Å². The van der Waals surface area contributed by atoms with Gasteiger partial charge in [0, 0.05) is 18.2 Å². The van der Waals surface area contributed by atoms with Crippen molar-refractivity contribution in [3.63, 3.8) is 0 Å². The van der Waals surface area contributed by atoms with Gasteiger partial charge >= 0.3 is 0 Å². The number of rotatable bonds is 5. The molecule has 1 saturated carbocycles. The number of aromatic nitrogens is 2. The SMILES string of the molecule is O=C(Cn1ncc(=O)c2ccccc21)NCC1([NH+]2CCCCC2)CCCCC1. The molecule has 0 radical (unpaired) electrons. The molecule has 6 heteroatoms. The Bertz CT molecular complexity index is 879. The fourth-order valence-corrected chi connectivity index (χ4v) is 5.14. The van der Waals surface area contributed by atoms with Gasteiger partial charge in [0.2, 0.25) is 11.3 Å². The van der Waals surface area contributed by atoms with Crippen molar-refractivity contribution in [1.29, 1.82) is 0 Å². The van der Waals surface area contributed by atoms with Crippen LogP contribution in [0.5, 0.6) is 0 Å². The second-order valence-electron chi connectivity index (χ2n) is 8.47. The summed E-state index contributed by atoms with van der Waals surface area (Å²) in [6, 6.07) is 7.33. The zero-order valence-electron chi connectivity index (χ0n) is 16.6. The molecule has 1 aromatic heterocycles. The molecular formula is C22H31N4O2+. The van der Waals surface area contributed by atoms with Crippen LogP contribution < -0.4 is 15.6 Å². The third-order valence-electron chi connectivity index (χ3n) is 6.70. The first-order valence-corrected chi connectivity index (χ1v) is 10.7. The number of quaternary nitrogens is 1. The molecule has 1 aliphatic heterocycles. The van der Waals surface area contributed by atoms with Crippen LogP contribution in [0.1, 0.15) is 51.4 Å². The molecule has 1 amide bonds. The van der Waals surface area contributed by atoms with Crippen LogP contribution in [0.4, 0.5) is 0 Å². The second-order valence-corrected chi connectivity index (χ2v) is 8.47. The van der Waals surface area contributed by atoms with E-state index in [4.69, 9.17) is 0 Å². The van der Waals surface area contributed by atoms with Crippen molar-refractivity contribution < 1.29 is 9.69 Å². The number of benzene rings is 1. The standard InChI is InChI=1S/C22H30N4O2/c27-20-15-24-26(19-10-4-3-9-18(19)20)16-21(28)23-17-22(11-5-1-6-12-22)25-13-7-2-8-14-25/h3-4,9-10,15H,1-2,5-8,11-14,16-17H2,(H,23,28)/p+1. The lowest BCUT2D eigenvalue weighted by atomic mass is 9.79. The molecule has 0 unspecified atom stereocenters. The summed E-state index contributed by atoms with van der Waals surface area (Å²) < 4.78 is 1.63. The summed E-state index contributed by atoms with van der Waals surface area (Å²) in [5, 5.41) is 8.01. The second kappa shape index (κ2) is 8.43. The van der Waals surface area contributed by atoms with E-state index in [9.17, 15) is 9.59 Å². The van der Waals surface area contributed by atoms with Gasteiger partial charge in [0.15, 0.2) is 0 Å². The lowest BCUT2D eigenvalue weighted by Crippen LogP contribution is -3.22. The third kappa shape index (κ3) is 3.97. The fourth-order valence-electron chi connectivity index (χ4n) is 5.14. The zero-order chi connectivity index (χ0) is 19.4. The van der Waals surface area contributed by atoms with Crippen molar-refractivity contribution in [2.75, 3.05) is 19.6 Å². The van der Waals surface area contributed by atoms with E-state index in [1.807, 2.05) is 18.2 Å². The number of hydrogen-bond acceptors (Lipinski definition) is 3. The molecule has 0 spiro atoms. The molecule has 1 aliphatic carbocycles. The highest BCUT2D eigenvalue weighted by atomic mass is 16.2. The maximum Gasteiger partial charge on any atom is 0.241 e. The van der Waals surface area contributed by atoms with Crippen molar-refractivity contribution in [1.82, 2.24) is 15.1 Å². The highest BCUT2D eigenvalue weighted by molar-refractivity contribution is 5.81. The molecule has 6 nitrogen and oxygen atoms in total. The number of para-hydroxylation sites is 1. The molecule has 0 bridgehead atoms. The minimum absolute atomic E-state index is 0.0253. The van der Waals surface area contributed by atoms with Gasteiger partial charge < -0.3 is 10.2 Å². The maximum absolute atomic E-state index is 12.7. The highest BCUT2D eigenvalue weighted by Gasteiger charge is 2.42. The number of nitrogens with one attached hydrogen (secondary N) is 2.